The standard InChI is InChI=1S/C18H15N5O2/c24-18(15-11-16(25-22-15)13-5-2-1-3-6-13)21-14-7-8-17(19-12-14)23-10-4-9-20-23/h1-10,12,16H,11H2,(H,21,24). The molecule has 0 spiro atoms. The lowest BCUT2D eigenvalue weighted by atomic mass is 10.0. The zero-order chi connectivity index (χ0) is 17.1. The maximum absolute atomic E-state index is 12.3. The fourth-order valence-corrected chi connectivity index (χ4v) is 2.56. The maximum Gasteiger partial charge on any atom is 0.273 e. The fraction of sp³-hybridized carbons (Fsp3) is 0.111. The summed E-state index contributed by atoms with van der Waals surface area (Å²) in [6, 6.07) is 15.1. The summed E-state index contributed by atoms with van der Waals surface area (Å²) in [5, 5.41) is 10.8. The molecule has 7 heteroatoms. The average Bonchev–Trinajstić information content (AvgIpc) is 3.35. The monoisotopic (exact) mass is 333 g/mol. The number of rotatable bonds is 4. The van der Waals surface area contributed by atoms with Crippen LogP contribution >= 0.6 is 0 Å². The first-order chi connectivity index (χ1) is 12.3. The summed E-state index contributed by atoms with van der Waals surface area (Å²) in [4.78, 5) is 22.0. The molecule has 0 saturated heterocycles. The molecular formula is C18H15N5O2. The Hall–Kier alpha value is -3.48. The van der Waals surface area contributed by atoms with Crippen LogP contribution in [0.25, 0.3) is 5.82 Å². The molecule has 1 unspecified atom stereocenters. The summed E-state index contributed by atoms with van der Waals surface area (Å²) in [6.07, 6.45) is 5.28. The van der Waals surface area contributed by atoms with Gasteiger partial charge in [0.05, 0.1) is 11.9 Å². The molecule has 124 valence electrons. The van der Waals surface area contributed by atoms with Crippen LogP contribution in [0.1, 0.15) is 18.1 Å². The molecule has 1 atom stereocenters. The van der Waals surface area contributed by atoms with Gasteiger partial charge >= 0.3 is 0 Å². The molecule has 1 aliphatic rings. The van der Waals surface area contributed by atoms with Crippen molar-refractivity contribution in [3.05, 3.63) is 72.7 Å². The predicted octanol–water partition coefficient (Wildman–Crippen LogP) is 2.72. The van der Waals surface area contributed by atoms with E-state index >= 15 is 0 Å². The number of benzene rings is 1. The summed E-state index contributed by atoms with van der Waals surface area (Å²) in [5.74, 6) is 0.390. The van der Waals surface area contributed by atoms with Crippen LogP contribution in [0.5, 0.6) is 0 Å². The van der Waals surface area contributed by atoms with Crippen LogP contribution in [0.15, 0.2) is 72.3 Å². The van der Waals surface area contributed by atoms with Crippen molar-refractivity contribution in [2.75, 3.05) is 5.32 Å². The third-order valence-electron chi connectivity index (χ3n) is 3.85. The number of carbonyl (C=O) groups excluding carboxylic acids is 1. The van der Waals surface area contributed by atoms with Gasteiger partial charge < -0.3 is 10.2 Å². The summed E-state index contributed by atoms with van der Waals surface area (Å²) < 4.78 is 1.64. The molecule has 25 heavy (non-hydrogen) atoms. The molecule has 2 aromatic heterocycles. The van der Waals surface area contributed by atoms with Gasteiger partial charge in [-0.1, -0.05) is 35.5 Å². The molecule has 4 rings (SSSR count). The number of oxime groups is 1. The van der Waals surface area contributed by atoms with Crippen LogP contribution in [-0.2, 0) is 9.63 Å². The van der Waals surface area contributed by atoms with E-state index in [9.17, 15) is 4.79 Å². The minimum atomic E-state index is -0.285. The molecule has 0 aliphatic carbocycles. The molecule has 1 N–H and O–H groups in total. The topological polar surface area (TPSA) is 81.4 Å². The van der Waals surface area contributed by atoms with Gasteiger partial charge in [-0.2, -0.15) is 5.10 Å². The lowest BCUT2D eigenvalue weighted by Crippen LogP contribution is -2.22. The van der Waals surface area contributed by atoms with E-state index in [2.05, 4.69) is 20.6 Å². The highest BCUT2D eigenvalue weighted by Gasteiger charge is 2.27. The van der Waals surface area contributed by atoms with E-state index in [-0.39, 0.29) is 12.0 Å². The molecule has 0 radical (unpaired) electrons. The Kier molecular flexibility index (Phi) is 3.96. The second kappa shape index (κ2) is 6.56. The Morgan fingerprint density at radius 1 is 1.16 bits per heavy atom. The highest BCUT2D eigenvalue weighted by atomic mass is 16.6. The van der Waals surface area contributed by atoms with E-state index in [0.29, 0.717) is 23.6 Å². The van der Waals surface area contributed by atoms with Gasteiger partial charge in [-0.15, -0.1) is 0 Å². The van der Waals surface area contributed by atoms with Crippen molar-refractivity contribution in [1.29, 1.82) is 0 Å². The van der Waals surface area contributed by atoms with Gasteiger partial charge in [0.25, 0.3) is 5.91 Å². The van der Waals surface area contributed by atoms with E-state index in [1.165, 1.54) is 0 Å². The number of carbonyl (C=O) groups is 1. The van der Waals surface area contributed by atoms with Crippen molar-refractivity contribution >= 4 is 17.3 Å². The van der Waals surface area contributed by atoms with E-state index in [4.69, 9.17) is 4.84 Å². The normalized spacial score (nSPS) is 16.2. The Bertz CT molecular complexity index is 889. The molecule has 1 aromatic carbocycles. The second-order valence-electron chi connectivity index (χ2n) is 5.56. The van der Waals surface area contributed by atoms with Gasteiger partial charge in [0.15, 0.2) is 11.9 Å². The SMILES string of the molecule is O=C(Nc1ccc(-n2cccn2)nc1)C1=NOC(c2ccccc2)C1. The number of hydrogen-bond donors (Lipinski definition) is 1. The Morgan fingerprint density at radius 3 is 2.76 bits per heavy atom. The van der Waals surface area contributed by atoms with Gasteiger partial charge in [-0.25, -0.2) is 9.67 Å². The summed E-state index contributed by atoms with van der Waals surface area (Å²) in [5.41, 5.74) is 1.95. The molecule has 0 saturated carbocycles. The molecule has 1 amide bonds. The molecule has 1 aliphatic heterocycles. The number of hydrogen-bond acceptors (Lipinski definition) is 5. The van der Waals surface area contributed by atoms with Crippen LogP contribution < -0.4 is 5.32 Å². The number of pyridine rings is 1. The van der Waals surface area contributed by atoms with Crippen molar-refractivity contribution in [2.24, 2.45) is 5.16 Å². The van der Waals surface area contributed by atoms with Gasteiger partial charge in [0, 0.05) is 18.8 Å². The molecule has 0 bridgehead atoms. The molecule has 7 nitrogen and oxygen atoms in total. The Labute approximate surface area is 144 Å². The van der Waals surface area contributed by atoms with Crippen LogP contribution in [0, 0.1) is 0 Å². The predicted molar refractivity (Wildman–Crippen MR) is 92.3 cm³/mol. The van der Waals surface area contributed by atoms with E-state index in [1.807, 2.05) is 36.4 Å². The molecule has 0 fully saturated rings. The smallest absolute Gasteiger partial charge is 0.273 e. The quantitative estimate of drug-likeness (QED) is 0.796. The van der Waals surface area contributed by atoms with E-state index < -0.39 is 0 Å². The Balaban J connectivity index is 1.39. The van der Waals surface area contributed by atoms with Gasteiger partial charge in [-0.3, -0.25) is 4.79 Å². The minimum Gasteiger partial charge on any atom is -0.387 e. The average molecular weight is 333 g/mol. The third-order valence-corrected chi connectivity index (χ3v) is 3.85. The van der Waals surface area contributed by atoms with Crippen LogP contribution in [-0.4, -0.2) is 26.4 Å². The lowest BCUT2D eigenvalue weighted by molar-refractivity contribution is -0.110. The van der Waals surface area contributed by atoms with Crippen LogP contribution in [0.4, 0.5) is 5.69 Å². The Morgan fingerprint density at radius 2 is 2.04 bits per heavy atom. The third kappa shape index (κ3) is 3.25. The number of anilines is 1. The maximum atomic E-state index is 12.3. The number of nitrogens with zero attached hydrogens (tertiary/aromatic N) is 4. The highest BCUT2D eigenvalue weighted by molar-refractivity contribution is 6.43. The van der Waals surface area contributed by atoms with Gasteiger partial charge in [0.1, 0.15) is 5.71 Å². The first-order valence-corrected chi connectivity index (χ1v) is 7.85. The summed E-state index contributed by atoms with van der Waals surface area (Å²) in [6.45, 7) is 0. The van der Waals surface area contributed by atoms with E-state index in [0.717, 1.165) is 5.56 Å². The van der Waals surface area contributed by atoms with Crippen LogP contribution in [0.2, 0.25) is 0 Å². The zero-order valence-corrected chi connectivity index (χ0v) is 13.2. The van der Waals surface area contributed by atoms with E-state index in [1.54, 1.807) is 35.4 Å². The summed E-state index contributed by atoms with van der Waals surface area (Å²) in [7, 11) is 0. The van der Waals surface area contributed by atoms with Crippen LogP contribution in [0.3, 0.4) is 0 Å². The number of nitrogens with one attached hydrogen (secondary N) is 1. The lowest BCUT2D eigenvalue weighted by Gasteiger charge is -2.07. The van der Waals surface area contributed by atoms with Crippen molar-refractivity contribution < 1.29 is 9.63 Å². The largest absolute Gasteiger partial charge is 0.387 e. The number of amides is 1. The highest BCUT2D eigenvalue weighted by Crippen LogP contribution is 2.27. The minimum absolute atomic E-state index is 0.220. The van der Waals surface area contributed by atoms with Gasteiger partial charge in [-0.05, 0) is 23.8 Å². The van der Waals surface area contributed by atoms with Crippen molar-refractivity contribution in [1.82, 2.24) is 14.8 Å². The van der Waals surface area contributed by atoms with Crippen molar-refractivity contribution in [3.8, 4) is 5.82 Å². The van der Waals surface area contributed by atoms with Crippen molar-refractivity contribution in [3.63, 3.8) is 0 Å². The number of aromatic nitrogens is 3. The first kappa shape index (κ1) is 15.1. The van der Waals surface area contributed by atoms with Gasteiger partial charge in [0.2, 0.25) is 0 Å². The molecule has 3 aromatic rings. The van der Waals surface area contributed by atoms with Crippen molar-refractivity contribution in [2.45, 2.75) is 12.5 Å². The first-order valence-electron chi connectivity index (χ1n) is 7.85. The fourth-order valence-electron chi connectivity index (χ4n) is 2.56. The summed E-state index contributed by atoms with van der Waals surface area (Å²) >= 11 is 0. The molecular weight excluding hydrogens is 318 g/mol. The second-order valence-corrected chi connectivity index (χ2v) is 5.56. The zero-order valence-electron chi connectivity index (χ0n) is 13.2. The molecule has 3 heterocycles.